The fourth-order valence-electron chi connectivity index (χ4n) is 5.30. The van der Waals surface area contributed by atoms with Crippen LogP contribution in [0, 0.1) is 0 Å². The predicted molar refractivity (Wildman–Crippen MR) is 177 cm³/mol. The highest BCUT2D eigenvalue weighted by Crippen LogP contribution is 2.38. The van der Waals surface area contributed by atoms with Crippen LogP contribution in [0.15, 0.2) is 71.9 Å². The Labute approximate surface area is 269 Å². The standard InChI is InChI=1S/C31H30FN7O5S2/c1-43-25-15-23-24(16-26(25)44-2)36-28-27(23)29(34-18-33-28)38-11-13-39(14-12-38)31(45)35-21-7-9-22(10-8-21)46(41,42)37-30(40)20-5-3-19(17-32)4-6-20/h3-10,15-16,18H,11-14,17H2,1-2H3,(H,35,45)(H,37,40)(H,33,34,36). The van der Waals surface area contributed by atoms with E-state index in [1.165, 1.54) is 36.4 Å². The SMILES string of the molecule is COc1cc2[nH]c3ncnc(N4CCN(C(=S)Nc5ccc(S(=O)(=O)NC(=O)c6ccc(CF)cc6)cc5)CC4)c3c2cc1OC. The molecular weight excluding hydrogens is 634 g/mol. The first-order valence-electron chi connectivity index (χ1n) is 14.2. The topological polar surface area (TPSA) is 142 Å². The Kier molecular flexibility index (Phi) is 8.60. The van der Waals surface area contributed by atoms with E-state index in [1.807, 2.05) is 21.8 Å². The van der Waals surface area contributed by atoms with E-state index in [1.54, 1.807) is 32.7 Å². The number of piperazine rings is 1. The summed E-state index contributed by atoms with van der Waals surface area (Å²) < 4.78 is 51.3. The predicted octanol–water partition coefficient (Wildman–Crippen LogP) is 4.24. The summed E-state index contributed by atoms with van der Waals surface area (Å²) >= 11 is 5.67. The Morgan fingerprint density at radius 1 is 0.978 bits per heavy atom. The molecule has 5 aromatic rings. The van der Waals surface area contributed by atoms with Gasteiger partial charge in [-0.2, -0.15) is 0 Å². The van der Waals surface area contributed by atoms with Crippen molar-refractivity contribution in [2.24, 2.45) is 0 Å². The van der Waals surface area contributed by atoms with Crippen LogP contribution in [0.4, 0.5) is 15.9 Å². The molecule has 2 aromatic heterocycles. The minimum Gasteiger partial charge on any atom is -0.493 e. The van der Waals surface area contributed by atoms with Crippen molar-refractivity contribution in [2.75, 3.05) is 50.6 Å². The number of fused-ring (bicyclic) bond motifs is 3. The van der Waals surface area contributed by atoms with Gasteiger partial charge in [-0.3, -0.25) is 4.79 Å². The van der Waals surface area contributed by atoms with Gasteiger partial charge in [0.2, 0.25) is 0 Å². The van der Waals surface area contributed by atoms with Gasteiger partial charge >= 0.3 is 0 Å². The summed E-state index contributed by atoms with van der Waals surface area (Å²) in [7, 11) is -0.937. The number of aromatic amines is 1. The normalized spacial score (nSPS) is 13.5. The lowest BCUT2D eigenvalue weighted by molar-refractivity contribution is 0.0981. The van der Waals surface area contributed by atoms with E-state index in [0.717, 1.165) is 22.1 Å². The first-order valence-corrected chi connectivity index (χ1v) is 16.1. The number of hydrogen-bond donors (Lipinski definition) is 3. The first kappa shape index (κ1) is 31.0. The second kappa shape index (κ2) is 12.8. The Morgan fingerprint density at radius 3 is 2.30 bits per heavy atom. The molecular formula is C31H30FN7O5S2. The van der Waals surface area contributed by atoms with E-state index in [4.69, 9.17) is 21.7 Å². The van der Waals surface area contributed by atoms with Crippen LogP contribution in [0.5, 0.6) is 11.5 Å². The number of halogens is 1. The molecule has 15 heteroatoms. The van der Waals surface area contributed by atoms with Gasteiger partial charge in [0.15, 0.2) is 16.6 Å². The Morgan fingerprint density at radius 2 is 1.65 bits per heavy atom. The van der Waals surface area contributed by atoms with Crippen molar-refractivity contribution < 1.29 is 27.1 Å². The number of H-pyrrole nitrogens is 1. The number of sulfonamides is 1. The monoisotopic (exact) mass is 663 g/mol. The molecule has 3 heterocycles. The van der Waals surface area contributed by atoms with Gasteiger partial charge < -0.3 is 29.6 Å². The van der Waals surface area contributed by atoms with Crippen LogP contribution in [0.3, 0.4) is 0 Å². The fourth-order valence-corrected chi connectivity index (χ4v) is 6.58. The van der Waals surface area contributed by atoms with Crippen LogP contribution in [0.25, 0.3) is 21.9 Å². The van der Waals surface area contributed by atoms with Gasteiger partial charge in [-0.15, -0.1) is 0 Å². The zero-order valence-electron chi connectivity index (χ0n) is 24.9. The number of nitrogens with one attached hydrogen (secondary N) is 3. The molecule has 1 saturated heterocycles. The molecule has 0 spiro atoms. The quantitative estimate of drug-likeness (QED) is 0.205. The molecule has 0 aliphatic carbocycles. The van der Waals surface area contributed by atoms with E-state index < -0.39 is 22.6 Å². The van der Waals surface area contributed by atoms with Crippen molar-refractivity contribution in [3.8, 4) is 11.5 Å². The molecule has 1 aliphatic rings. The minimum atomic E-state index is -4.13. The van der Waals surface area contributed by atoms with Crippen molar-refractivity contribution in [3.05, 3.63) is 78.1 Å². The lowest BCUT2D eigenvalue weighted by Gasteiger charge is -2.37. The zero-order valence-corrected chi connectivity index (χ0v) is 26.5. The lowest BCUT2D eigenvalue weighted by Crippen LogP contribution is -2.50. The molecule has 12 nitrogen and oxygen atoms in total. The maximum atomic E-state index is 12.8. The Balaban J connectivity index is 1.09. The summed E-state index contributed by atoms with van der Waals surface area (Å²) in [6, 6.07) is 15.3. The number of carbonyl (C=O) groups is 1. The summed E-state index contributed by atoms with van der Waals surface area (Å²) in [5.74, 6) is 1.23. The molecule has 0 radical (unpaired) electrons. The molecule has 238 valence electrons. The Bertz CT molecular complexity index is 2030. The van der Waals surface area contributed by atoms with Gasteiger partial charge in [0.25, 0.3) is 15.9 Å². The van der Waals surface area contributed by atoms with Gasteiger partial charge in [-0.25, -0.2) is 27.5 Å². The largest absolute Gasteiger partial charge is 0.493 e. The third kappa shape index (κ3) is 6.10. The van der Waals surface area contributed by atoms with Crippen molar-refractivity contribution in [2.45, 2.75) is 11.6 Å². The van der Waals surface area contributed by atoms with E-state index in [2.05, 4.69) is 25.2 Å². The van der Waals surface area contributed by atoms with Crippen LogP contribution >= 0.6 is 12.2 Å². The van der Waals surface area contributed by atoms with Gasteiger partial charge in [0, 0.05) is 48.9 Å². The third-order valence-corrected chi connectivity index (χ3v) is 9.46. The first-order chi connectivity index (χ1) is 22.2. The number of amides is 1. The number of ether oxygens (including phenoxy) is 2. The summed E-state index contributed by atoms with van der Waals surface area (Å²) in [4.78, 5) is 29.0. The number of benzene rings is 3. The molecule has 0 unspecified atom stereocenters. The molecule has 1 aliphatic heterocycles. The number of nitrogens with zero attached hydrogens (tertiary/aromatic N) is 4. The van der Waals surface area contributed by atoms with Gasteiger partial charge in [-0.1, -0.05) is 12.1 Å². The van der Waals surface area contributed by atoms with Crippen molar-refractivity contribution in [3.63, 3.8) is 0 Å². The lowest BCUT2D eigenvalue weighted by atomic mass is 10.1. The van der Waals surface area contributed by atoms with Gasteiger partial charge in [-0.05, 0) is 60.2 Å². The smallest absolute Gasteiger partial charge is 0.264 e. The number of carbonyl (C=O) groups excluding carboxylic acids is 1. The van der Waals surface area contributed by atoms with Crippen LogP contribution in [-0.4, -0.2) is 79.7 Å². The second-order valence-electron chi connectivity index (χ2n) is 10.5. The summed E-state index contributed by atoms with van der Waals surface area (Å²) in [5, 5.41) is 5.49. The maximum Gasteiger partial charge on any atom is 0.264 e. The van der Waals surface area contributed by atoms with E-state index >= 15 is 0 Å². The number of rotatable bonds is 8. The third-order valence-electron chi connectivity index (χ3n) is 7.75. The zero-order chi connectivity index (χ0) is 32.4. The number of thiocarbonyl (C=S) groups is 1. The minimum absolute atomic E-state index is 0.0872. The van der Waals surface area contributed by atoms with Crippen LogP contribution < -0.4 is 24.4 Å². The number of methoxy groups -OCH3 is 2. The molecule has 3 aromatic carbocycles. The molecule has 0 bridgehead atoms. The molecule has 1 amide bonds. The van der Waals surface area contributed by atoms with E-state index in [-0.39, 0.29) is 10.5 Å². The molecule has 46 heavy (non-hydrogen) atoms. The van der Waals surface area contributed by atoms with Crippen LogP contribution in [-0.2, 0) is 16.7 Å². The number of alkyl halides is 1. The van der Waals surface area contributed by atoms with Crippen molar-refractivity contribution in [1.29, 1.82) is 0 Å². The van der Waals surface area contributed by atoms with Crippen LogP contribution in [0.2, 0.25) is 0 Å². The number of hydrogen-bond acceptors (Lipinski definition) is 9. The highest BCUT2D eigenvalue weighted by molar-refractivity contribution is 7.90. The molecule has 3 N–H and O–H groups in total. The highest BCUT2D eigenvalue weighted by atomic mass is 32.2. The molecule has 6 rings (SSSR count). The summed E-state index contributed by atoms with van der Waals surface area (Å²) in [6.07, 6.45) is 1.54. The second-order valence-corrected chi connectivity index (χ2v) is 12.6. The molecule has 0 saturated carbocycles. The molecule has 1 fully saturated rings. The summed E-state index contributed by atoms with van der Waals surface area (Å²) in [6.45, 7) is 1.89. The van der Waals surface area contributed by atoms with E-state index in [9.17, 15) is 17.6 Å². The molecule has 0 atom stereocenters. The number of anilines is 2. The van der Waals surface area contributed by atoms with Gasteiger partial charge in [0.1, 0.15) is 24.5 Å². The van der Waals surface area contributed by atoms with Crippen molar-refractivity contribution >= 4 is 66.7 Å². The fraction of sp³-hybridized carbons (Fsp3) is 0.226. The Hall–Kier alpha value is -5.02. The average molecular weight is 664 g/mol. The van der Waals surface area contributed by atoms with Crippen molar-refractivity contribution in [1.82, 2.24) is 24.6 Å². The summed E-state index contributed by atoms with van der Waals surface area (Å²) in [5.41, 5.74) is 2.68. The van der Waals surface area contributed by atoms with Gasteiger partial charge in [0.05, 0.1) is 30.0 Å². The highest BCUT2D eigenvalue weighted by Gasteiger charge is 2.24. The number of aromatic nitrogens is 3. The van der Waals surface area contributed by atoms with E-state index in [0.29, 0.717) is 59.7 Å². The maximum absolute atomic E-state index is 12.8. The average Bonchev–Trinajstić information content (AvgIpc) is 3.45. The van der Waals surface area contributed by atoms with Crippen LogP contribution in [0.1, 0.15) is 15.9 Å².